The lowest BCUT2D eigenvalue weighted by atomic mass is 10.1. The number of halogens is 2. The summed E-state index contributed by atoms with van der Waals surface area (Å²) in [6, 6.07) is 13.6. The van der Waals surface area contributed by atoms with Gasteiger partial charge in [0.25, 0.3) is 0 Å². The summed E-state index contributed by atoms with van der Waals surface area (Å²) in [5, 5.41) is 3.59. The number of carbonyl (C=O) groups is 1. The Hall–Kier alpha value is -1.87. The SMILES string of the molecule is CC(NC(=O)CCc1cccc(F)c1)c1ccc(Cl)cc1. The predicted molar refractivity (Wildman–Crippen MR) is 82.7 cm³/mol. The number of hydrogen-bond donors (Lipinski definition) is 1. The van der Waals surface area contributed by atoms with Gasteiger partial charge in [0.2, 0.25) is 5.91 Å². The van der Waals surface area contributed by atoms with Crippen molar-refractivity contribution in [1.82, 2.24) is 5.32 Å². The van der Waals surface area contributed by atoms with Gasteiger partial charge in [-0.1, -0.05) is 35.9 Å². The van der Waals surface area contributed by atoms with Crippen LogP contribution in [-0.4, -0.2) is 5.91 Å². The second-order valence-corrected chi connectivity index (χ2v) is 5.41. The number of amides is 1. The van der Waals surface area contributed by atoms with Crippen LogP contribution in [-0.2, 0) is 11.2 Å². The summed E-state index contributed by atoms with van der Waals surface area (Å²) >= 11 is 5.83. The first-order valence-electron chi connectivity index (χ1n) is 6.84. The van der Waals surface area contributed by atoms with Gasteiger partial charge < -0.3 is 5.32 Å². The van der Waals surface area contributed by atoms with E-state index in [0.717, 1.165) is 11.1 Å². The van der Waals surface area contributed by atoms with Crippen LogP contribution in [0.2, 0.25) is 5.02 Å². The molecule has 1 N–H and O–H groups in total. The Morgan fingerprint density at radius 2 is 1.95 bits per heavy atom. The molecule has 21 heavy (non-hydrogen) atoms. The van der Waals surface area contributed by atoms with E-state index in [2.05, 4.69) is 5.32 Å². The molecule has 2 nitrogen and oxygen atoms in total. The zero-order chi connectivity index (χ0) is 15.2. The van der Waals surface area contributed by atoms with E-state index in [4.69, 9.17) is 11.6 Å². The zero-order valence-electron chi connectivity index (χ0n) is 11.8. The van der Waals surface area contributed by atoms with Gasteiger partial charge in [0.05, 0.1) is 6.04 Å². The van der Waals surface area contributed by atoms with Gasteiger partial charge in [0.15, 0.2) is 0 Å². The molecule has 1 unspecified atom stereocenters. The molecule has 0 fully saturated rings. The van der Waals surface area contributed by atoms with Crippen molar-refractivity contribution in [2.75, 3.05) is 0 Å². The Morgan fingerprint density at radius 1 is 1.24 bits per heavy atom. The normalized spacial score (nSPS) is 12.0. The van der Waals surface area contributed by atoms with Gasteiger partial charge >= 0.3 is 0 Å². The lowest BCUT2D eigenvalue weighted by Gasteiger charge is -2.14. The van der Waals surface area contributed by atoms with Gasteiger partial charge in [-0.15, -0.1) is 0 Å². The molecular formula is C17H17ClFNO. The average Bonchev–Trinajstić information content (AvgIpc) is 2.46. The Kier molecular flexibility index (Phi) is 5.34. The second kappa shape index (κ2) is 7.23. The number of aryl methyl sites for hydroxylation is 1. The molecule has 4 heteroatoms. The minimum absolute atomic E-state index is 0.0540. The maximum atomic E-state index is 13.0. The third-order valence-corrected chi connectivity index (χ3v) is 3.53. The van der Waals surface area contributed by atoms with Gasteiger partial charge in [-0.05, 0) is 48.7 Å². The molecule has 1 amide bonds. The van der Waals surface area contributed by atoms with Crippen LogP contribution >= 0.6 is 11.6 Å². The van der Waals surface area contributed by atoms with E-state index in [0.29, 0.717) is 17.9 Å². The topological polar surface area (TPSA) is 29.1 Å². The molecule has 0 spiro atoms. The van der Waals surface area contributed by atoms with Crippen molar-refractivity contribution in [1.29, 1.82) is 0 Å². The highest BCUT2D eigenvalue weighted by atomic mass is 35.5. The van der Waals surface area contributed by atoms with Crippen LogP contribution in [0.15, 0.2) is 48.5 Å². The standard InChI is InChI=1S/C17H17ClFNO/c1-12(14-6-8-15(18)9-7-14)20-17(21)10-5-13-3-2-4-16(19)11-13/h2-4,6-9,11-12H,5,10H2,1H3,(H,20,21). The summed E-state index contributed by atoms with van der Waals surface area (Å²) in [4.78, 5) is 11.9. The number of rotatable bonds is 5. The summed E-state index contributed by atoms with van der Waals surface area (Å²) in [7, 11) is 0. The molecule has 0 aliphatic carbocycles. The van der Waals surface area contributed by atoms with Crippen LogP contribution in [0, 0.1) is 5.82 Å². The average molecular weight is 306 g/mol. The van der Waals surface area contributed by atoms with Crippen molar-refractivity contribution in [3.05, 3.63) is 70.5 Å². The molecule has 0 aliphatic heterocycles. The van der Waals surface area contributed by atoms with E-state index >= 15 is 0 Å². The lowest BCUT2D eigenvalue weighted by molar-refractivity contribution is -0.121. The highest BCUT2D eigenvalue weighted by molar-refractivity contribution is 6.30. The van der Waals surface area contributed by atoms with E-state index in [-0.39, 0.29) is 17.8 Å². The summed E-state index contributed by atoms with van der Waals surface area (Å²) in [5.41, 5.74) is 1.82. The van der Waals surface area contributed by atoms with Crippen molar-refractivity contribution >= 4 is 17.5 Å². The van der Waals surface area contributed by atoms with Crippen LogP contribution in [0.3, 0.4) is 0 Å². The first-order valence-corrected chi connectivity index (χ1v) is 7.21. The molecule has 0 radical (unpaired) electrons. The Morgan fingerprint density at radius 3 is 2.62 bits per heavy atom. The smallest absolute Gasteiger partial charge is 0.220 e. The monoisotopic (exact) mass is 305 g/mol. The maximum absolute atomic E-state index is 13.0. The minimum atomic E-state index is -0.276. The molecule has 0 saturated carbocycles. The highest BCUT2D eigenvalue weighted by Crippen LogP contribution is 2.16. The molecule has 1 atom stereocenters. The maximum Gasteiger partial charge on any atom is 0.220 e. The van der Waals surface area contributed by atoms with Crippen molar-refractivity contribution < 1.29 is 9.18 Å². The molecule has 2 rings (SSSR count). The van der Waals surface area contributed by atoms with Crippen molar-refractivity contribution in [3.63, 3.8) is 0 Å². The first-order chi connectivity index (χ1) is 10.0. The van der Waals surface area contributed by atoms with Gasteiger partial charge in [-0.2, -0.15) is 0 Å². The third-order valence-electron chi connectivity index (χ3n) is 3.28. The molecule has 2 aromatic carbocycles. The fourth-order valence-electron chi connectivity index (χ4n) is 2.10. The number of hydrogen-bond acceptors (Lipinski definition) is 1. The van der Waals surface area contributed by atoms with Crippen LogP contribution in [0.1, 0.15) is 30.5 Å². The highest BCUT2D eigenvalue weighted by Gasteiger charge is 2.09. The van der Waals surface area contributed by atoms with Crippen LogP contribution in [0.5, 0.6) is 0 Å². The lowest BCUT2D eigenvalue weighted by Crippen LogP contribution is -2.26. The fraction of sp³-hybridized carbons (Fsp3) is 0.235. The molecular weight excluding hydrogens is 289 g/mol. The molecule has 0 aliphatic rings. The first kappa shape index (κ1) is 15.5. The van der Waals surface area contributed by atoms with E-state index in [1.165, 1.54) is 12.1 Å². The fourth-order valence-corrected chi connectivity index (χ4v) is 2.22. The zero-order valence-corrected chi connectivity index (χ0v) is 12.5. The van der Waals surface area contributed by atoms with Crippen LogP contribution in [0.4, 0.5) is 4.39 Å². The number of carbonyl (C=O) groups excluding carboxylic acids is 1. The molecule has 0 saturated heterocycles. The van der Waals surface area contributed by atoms with E-state index in [1.807, 2.05) is 25.1 Å². The predicted octanol–water partition coefficient (Wildman–Crippen LogP) is 4.29. The van der Waals surface area contributed by atoms with Gasteiger partial charge in [0, 0.05) is 11.4 Å². The quantitative estimate of drug-likeness (QED) is 0.877. The molecule has 0 aromatic heterocycles. The van der Waals surface area contributed by atoms with Gasteiger partial charge in [-0.3, -0.25) is 4.79 Å². The van der Waals surface area contributed by atoms with Gasteiger partial charge in [0.1, 0.15) is 5.82 Å². The summed E-state index contributed by atoms with van der Waals surface area (Å²) in [5.74, 6) is -0.329. The van der Waals surface area contributed by atoms with Gasteiger partial charge in [-0.25, -0.2) is 4.39 Å². The Labute approximate surface area is 128 Å². The largest absolute Gasteiger partial charge is 0.350 e. The Balaban J connectivity index is 1.85. The molecule has 110 valence electrons. The van der Waals surface area contributed by atoms with Crippen molar-refractivity contribution in [2.45, 2.75) is 25.8 Å². The summed E-state index contributed by atoms with van der Waals surface area (Å²) in [6.45, 7) is 1.92. The molecule has 0 bridgehead atoms. The van der Waals surface area contributed by atoms with E-state index in [9.17, 15) is 9.18 Å². The van der Waals surface area contributed by atoms with Crippen molar-refractivity contribution in [2.24, 2.45) is 0 Å². The van der Waals surface area contributed by atoms with E-state index < -0.39 is 0 Å². The van der Waals surface area contributed by atoms with Crippen molar-refractivity contribution in [3.8, 4) is 0 Å². The summed E-state index contributed by atoms with van der Waals surface area (Å²) in [6.07, 6.45) is 0.859. The number of nitrogens with one attached hydrogen (secondary N) is 1. The number of benzene rings is 2. The van der Waals surface area contributed by atoms with E-state index in [1.54, 1.807) is 18.2 Å². The minimum Gasteiger partial charge on any atom is -0.350 e. The van der Waals surface area contributed by atoms with Crippen LogP contribution < -0.4 is 5.32 Å². The summed E-state index contributed by atoms with van der Waals surface area (Å²) < 4.78 is 13.0. The Bertz CT molecular complexity index is 612. The third kappa shape index (κ3) is 4.87. The second-order valence-electron chi connectivity index (χ2n) is 4.97. The molecule has 0 heterocycles. The molecule has 2 aromatic rings. The van der Waals surface area contributed by atoms with Crippen LogP contribution in [0.25, 0.3) is 0 Å².